The Morgan fingerprint density at radius 3 is 0.835 bits per heavy atom. The zero-order valence-corrected chi connectivity index (χ0v) is 75.6. The molecule has 0 aliphatic carbocycles. The second kappa shape index (κ2) is 61.0. The van der Waals surface area contributed by atoms with E-state index in [2.05, 4.69) is 26.6 Å². The summed E-state index contributed by atoms with van der Waals surface area (Å²) in [4.78, 5) is 168. The lowest BCUT2D eigenvalue weighted by atomic mass is 9.90. The molecular weight excluding hydrogens is 1570 g/mol. The van der Waals surface area contributed by atoms with Crippen molar-refractivity contribution < 1.29 is 126 Å². The third kappa shape index (κ3) is 56.2. The zero-order chi connectivity index (χ0) is 90.9. The van der Waals surface area contributed by atoms with Gasteiger partial charge in [-0.05, 0) is 181 Å². The van der Waals surface area contributed by atoms with Gasteiger partial charge in [-0.2, -0.15) is 0 Å². The lowest BCUT2D eigenvalue weighted by Crippen LogP contribution is -2.36. The van der Waals surface area contributed by atoms with Gasteiger partial charge in [-0.25, -0.2) is 4.79 Å². The fourth-order valence-electron chi connectivity index (χ4n) is 12.5. The van der Waals surface area contributed by atoms with Crippen molar-refractivity contribution in [2.75, 3.05) is 72.9 Å². The molecule has 4 rings (SSSR count). The summed E-state index contributed by atoms with van der Waals surface area (Å²) in [5.41, 5.74) is -2.23. The number of epoxide rings is 4. The largest absolute Gasteiger partial charge is 0.464 e. The van der Waals surface area contributed by atoms with E-state index in [1.54, 1.807) is 34.6 Å². The Hall–Kier alpha value is -6.42. The van der Waals surface area contributed by atoms with E-state index in [0.29, 0.717) is 102 Å². The molecule has 0 aromatic rings. The minimum absolute atomic E-state index is 0. The molecule has 0 radical (unpaired) electrons. The number of aliphatic hydroxyl groups is 5. The molecule has 121 heavy (non-hydrogen) atoms. The van der Waals surface area contributed by atoms with Crippen LogP contribution in [0.25, 0.3) is 0 Å². The van der Waals surface area contributed by atoms with Gasteiger partial charge in [0.15, 0.2) is 64.9 Å². The van der Waals surface area contributed by atoms with Crippen LogP contribution in [-0.2, 0) is 100 Å². The second-order valence-electron chi connectivity index (χ2n) is 36.7. The van der Waals surface area contributed by atoms with E-state index in [0.717, 1.165) is 6.42 Å². The van der Waals surface area contributed by atoms with E-state index in [4.69, 9.17) is 48.5 Å². The van der Waals surface area contributed by atoms with Crippen molar-refractivity contribution in [1.29, 1.82) is 0 Å². The van der Waals surface area contributed by atoms with E-state index in [-0.39, 0.29) is 205 Å². The summed E-state index contributed by atoms with van der Waals surface area (Å²) in [6.45, 7) is 45.0. The Balaban J connectivity index is -0.000000703. The molecule has 4 aliphatic rings. The molecule has 4 heterocycles. The topological polar surface area (TPSA) is 478 Å². The molecule has 4 saturated heterocycles. The molecule has 4 fully saturated rings. The fraction of sp³-hybridized carbons (Fsp3) is 0.844. The summed E-state index contributed by atoms with van der Waals surface area (Å²) in [5, 5.41) is 60.5. The molecule has 31 heteroatoms. The van der Waals surface area contributed by atoms with Gasteiger partial charge in [-0.15, -0.1) is 0 Å². The Labute approximate surface area is 724 Å². The van der Waals surface area contributed by atoms with Gasteiger partial charge in [-0.1, -0.05) is 112 Å². The Morgan fingerprint density at radius 1 is 0.364 bits per heavy atom. The van der Waals surface area contributed by atoms with Crippen molar-refractivity contribution >= 4 is 82.0 Å². The maximum Gasteiger partial charge on any atom is 0.338 e. The summed E-state index contributed by atoms with van der Waals surface area (Å²) < 4.78 is 35.4. The number of methoxy groups -OCH3 is 1. The SMILES string of the molecule is C.C.C.CC(=O)[C@H]1O[C@@H]1C(=O)C[C@@H](CC(C)C)C(=O)NCCC(C)(C)O.CC(=O)[C@H]1O[C@@H]1C(=O)C[C@@H](CC(C)C)C(=O)NCCC(C)CO.CC(C)C[C@H](CC(=O)OC(C)(C)C)C(=O)NCCC(C)CO.CCOC(=O)[C@H]1O[C@@H]1C(=O)C[C@@H](CC(C)C)C(=O)NCCC(C)CO.COCC(=O)[C@H]1O[C@@H]1C(=O)C[C@@H](CC(C)C)C(=O)NCCC(C)(C)O. The molecule has 0 aromatic carbocycles. The lowest BCUT2D eigenvalue weighted by Gasteiger charge is -2.23. The zero-order valence-electron chi connectivity index (χ0n) is 75.6. The Bertz CT molecular complexity index is 3120. The highest BCUT2D eigenvalue weighted by Crippen LogP contribution is 2.33. The first-order valence-electron chi connectivity index (χ1n) is 42.5. The number of amides is 5. The van der Waals surface area contributed by atoms with Crippen molar-refractivity contribution in [3.63, 3.8) is 0 Å². The monoisotopic (exact) mass is 1730 g/mol. The summed E-state index contributed by atoms with van der Waals surface area (Å²) in [6.07, 6.45) is 0.748. The first kappa shape index (κ1) is 121. The fourth-order valence-corrected chi connectivity index (χ4v) is 12.5. The highest BCUT2D eigenvalue weighted by atomic mass is 16.6. The van der Waals surface area contributed by atoms with Crippen LogP contribution in [0.4, 0.5) is 0 Å². The predicted molar refractivity (Wildman–Crippen MR) is 463 cm³/mol. The molecule has 0 spiro atoms. The van der Waals surface area contributed by atoms with Gasteiger partial charge in [-0.3, -0.25) is 62.3 Å². The van der Waals surface area contributed by atoms with Crippen LogP contribution < -0.4 is 26.6 Å². The number of esters is 2. The van der Waals surface area contributed by atoms with Gasteiger partial charge in [0.2, 0.25) is 29.5 Å². The van der Waals surface area contributed by atoms with E-state index >= 15 is 0 Å². The number of nitrogens with one attached hydrogen (secondary N) is 5. The van der Waals surface area contributed by atoms with Crippen LogP contribution in [0.3, 0.4) is 0 Å². The Morgan fingerprint density at radius 2 is 0.603 bits per heavy atom. The highest BCUT2D eigenvalue weighted by molar-refractivity contribution is 6.00. The lowest BCUT2D eigenvalue weighted by molar-refractivity contribution is -0.157. The second-order valence-corrected chi connectivity index (χ2v) is 36.7. The number of aliphatic hydroxyl groups excluding tert-OH is 3. The van der Waals surface area contributed by atoms with Gasteiger partial charge < -0.3 is 85.3 Å². The van der Waals surface area contributed by atoms with E-state index in [1.165, 1.54) is 21.0 Å². The molecule has 10 N–H and O–H groups in total. The summed E-state index contributed by atoms with van der Waals surface area (Å²) in [5.74, 6) is -3.29. The summed E-state index contributed by atoms with van der Waals surface area (Å²) in [7, 11) is 1.41. The molecule has 16 atom stereocenters. The first-order chi connectivity index (χ1) is 54.7. The number of carbonyl (C=O) groups excluding carboxylic acids is 14. The van der Waals surface area contributed by atoms with Crippen LogP contribution in [0.1, 0.15) is 278 Å². The van der Waals surface area contributed by atoms with Gasteiger partial charge in [0.05, 0.1) is 24.2 Å². The molecule has 5 amide bonds. The van der Waals surface area contributed by atoms with Gasteiger partial charge >= 0.3 is 11.9 Å². The molecule has 0 saturated carbocycles. The molecule has 4 aliphatic heterocycles. The van der Waals surface area contributed by atoms with Crippen LogP contribution in [0.15, 0.2) is 0 Å². The van der Waals surface area contributed by atoms with Crippen molar-refractivity contribution in [1.82, 2.24) is 26.6 Å². The normalized spacial score (nSPS) is 19.9. The van der Waals surface area contributed by atoms with Crippen LogP contribution in [0, 0.1) is 76.9 Å². The smallest absolute Gasteiger partial charge is 0.338 e. The van der Waals surface area contributed by atoms with Crippen LogP contribution in [-0.4, -0.2) is 246 Å². The minimum atomic E-state index is -0.854. The quantitative estimate of drug-likeness (QED) is 0.0201. The van der Waals surface area contributed by atoms with Gasteiger partial charge in [0.1, 0.15) is 36.6 Å². The van der Waals surface area contributed by atoms with Crippen molar-refractivity contribution in [3.05, 3.63) is 0 Å². The average molecular weight is 1730 g/mol. The average Bonchev–Trinajstić information content (AvgIpc) is 1.67. The maximum absolute atomic E-state index is 12.4. The number of ether oxygens (including phenoxy) is 7. The van der Waals surface area contributed by atoms with E-state index in [1.807, 2.05) is 111 Å². The highest BCUT2D eigenvalue weighted by Gasteiger charge is 2.53. The molecular formula is C90H165N5O26. The standard InChI is InChI=1S/2C18H31NO6.2C17H29NO5.C17H33NO4.3CH4/c1-11(2)8-12(17(22)19-7-6-18(3,4)23)9-13(20)15-16(25-15)14(21)10-24-5;1-5-24-18(23)16-15(25-16)14(21)9-13(8-11(2)3)17(22)19-7-6-12(4)10-20;1-10(2)8-12(16(21)18-7-6-17(4,5)22)9-13(20)15-14(23-15)11(3)19;1-10(2)7-13(17(22)18-6-5-11(3)9-19)8-14(21)16-15(23-16)12(4)20;1-12(2)9-14(10-15(20)22-17(4,5)6)16(21)18-8-7-13(3)11-19;;;/h11-12,15-16,23H,6-10H2,1-5H3,(H,19,22);11-13,15-16,20H,5-10H2,1-4H3,(H,19,22);10,12,14-15,22H,6-9H2,1-5H3,(H,18,21);10-11,13,15-16,19H,5-9H2,1-4H3,(H,18,22);12-14,19H,7-11H2,1-6H3,(H,18,21);3*1H4/t12-,15-,16-;12?,13-,15-,16+;12-,14-,15-;11?,13-,15-,16-;13?,14-;;;/m11111.../s1. The predicted octanol–water partition coefficient (Wildman–Crippen LogP) is 8.71. The minimum Gasteiger partial charge on any atom is -0.464 e. The third-order valence-electron chi connectivity index (χ3n) is 19.2. The summed E-state index contributed by atoms with van der Waals surface area (Å²) >= 11 is 0. The maximum atomic E-state index is 12.4. The number of hydrogen-bond donors (Lipinski definition) is 10. The Kier molecular flexibility index (Phi) is 61.0. The van der Waals surface area contributed by atoms with Crippen LogP contribution in [0.2, 0.25) is 0 Å². The molecule has 0 bridgehead atoms. The third-order valence-corrected chi connectivity index (χ3v) is 19.2. The van der Waals surface area contributed by atoms with E-state index in [9.17, 15) is 77.3 Å². The van der Waals surface area contributed by atoms with E-state index < -0.39 is 95.3 Å². The number of carbonyl (C=O) groups is 14. The van der Waals surface area contributed by atoms with Gasteiger partial charge in [0.25, 0.3) is 0 Å². The number of Topliss-reactive ketones (excluding diaryl/α,β-unsaturated/α-hetero) is 7. The molecule has 3 unspecified atom stereocenters. The number of rotatable bonds is 54. The molecule has 31 nitrogen and oxygen atoms in total. The van der Waals surface area contributed by atoms with Crippen molar-refractivity contribution in [3.8, 4) is 0 Å². The molecule has 706 valence electrons. The number of ketones is 7. The van der Waals surface area contributed by atoms with Crippen LogP contribution in [0.5, 0.6) is 0 Å². The number of hydrogen-bond acceptors (Lipinski definition) is 26. The first-order valence-corrected chi connectivity index (χ1v) is 42.5. The van der Waals surface area contributed by atoms with Crippen molar-refractivity contribution in [2.45, 2.75) is 343 Å². The van der Waals surface area contributed by atoms with Crippen molar-refractivity contribution in [2.24, 2.45) is 76.9 Å². The van der Waals surface area contributed by atoms with Gasteiger partial charge in [0, 0.05) is 115 Å². The van der Waals surface area contributed by atoms with Crippen LogP contribution >= 0.6 is 0 Å². The summed E-state index contributed by atoms with van der Waals surface area (Å²) in [6, 6.07) is 0. The molecule has 0 aromatic heterocycles.